The molecule has 0 N–H and O–H groups in total. The molecule has 134 valence electrons. The molecule has 0 saturated carbocycles. The SMILES string of the molecule is CN(C)CCN1C(=O)C[C@H]2[C@H]1CCN2C(=O)c1ccc2c(c1)OCO2. The molecule has 3 heterocycles. The van der Waals surface area contributed by atoms with E-state index in [4.69, 9.17) is 9.47 Å². The van der Waals surface area contributed by atoms with Gasteiger partial charge in [0.2, 0.25) is 12.7 Å². The zero-order valence-corrected chi connectivity index (χ0v) is 14.6. The molecule has 2 amide bonds. The lowest BCUT2D eigenvalue weighted by Gasteiger charge is -2.26. The minimum atomic E-state index is -0.0342. The van der Waals surface area contributed by atoms with Crippen LogP contribution in [0.15, 0.2) is 18.2 Å². The molecular weight excluding hydrogens is 322 g/mol. The van der Waals surface area contributed by atoms with Crippen molar-refractivity contribution in [1.29, 1.82) is 0 Å². The van der Waals surface area contributed by atoms with Crippen LogP contribution in [0.2, 0.25) is 0 Å². The predicted octanol–water partition coefficient (Wildman–Crippen LogP) is 0.792. The molecule has 4 rings (SSSR count). The number of fused-ring (bicyclic) bond motifs is 2. The van der Waals surface area contributed by atoms with Crippen molar-refractivity contribution in [2.75, 3.05) is 40.5 Å². The number of carbonyl (C=O) groups is 2. The maximum Gasteiger partial charge on any atom is 0.254 e. The minimum Gasteiger partial charge on any atom is -0.454 e. The summed E-state index contributed by atoms with van der Waals surface area (Å²) < 4.78 is 10.7. The average Bonchev–Trinajstić information content (AvgIpc) is 3.26. The van der Waals surface area contributed by atoms with Gasteiger partial charge in [-0.1, -0.05) is 0 Å². The zero-order chi connectivity index (χ0) is 17.6. The van der Waals surface area contributed by atoms with E-state index in [-0.39, 0.29) is 30.7 Å². The Kier molecular flexibility index (Phi) is 4.03. The van der Waals surface area contributed by atoms with Gasteiger partial charge in [0.05, 0.1) is 12.1 Å². The van der Waals surface area contributed by atoms with Crippen LogP contribution in [0, 0.1) is 0 Å². The van der Waals surface area contributed by atoms with Crippen molar-refractivity contribution in [1.82, 2.24) is 14.7 Å². The Bertz CT molecular complexity index is 706. The molecule has 0 unspecified atom stereocenters. The maximum absolute atomic E-state index is 13.0. The summed E-state index contributed by atoms with van der Waals surface area (Å²) in [6, 6.07) is 5.40. The van der Waals surface area contributed by atoms with Crippen LogP contribution >= 0.6 is 0 Å². The average molecular weight is 345 g/mol. The van der Waals surface area contributed by atoms with Crippen LogP contribution in [0.5, 0.6) is 11.5 Å². The van der Waals surface area contributed by atoms with Crippen LogP contribution in [0.3, 0.4) is 0 Å². The summed E-state index contributed by atoms with van der Waals surface area (Å²) in [5, 5.41) is 0. The predicted molar refractivity (Wildman–Crippen MR) is 90.7 cm³/mol. The van der Waals surface area contributed by atoms with Gasteiger partial charge < -0.3 is 24.2 Å². The fraction of sp³-hybridized carbons (Fsp3) is 0.556. The summed E-state index contributed by atoms with van der Waals surface area (Å²) in [5.41, 5.74) is 0.587. The number of likely N-dealkylation sites (tertiary alicyclic amines) is 2. The summed E-state index contributed by atoms with van der Waals surface area (Å²) in [4.78, 5) is 31.2. The number of likely N-dealkylation sites (N-methyl/N-ethyl adjacent to an activating group) is 1. The summed E-state index contributed by atoms with van der Waals surface area (Å²) in [6.07, 6.45) is 1.27. The first kappa shape index (κ1) is 16.2. The Hall–Kier alpha value is -2.28. The number of ether oxygens (including phenoxy) is 2. The lowest BCUT2D eigenvalue weighted by molar-refractivity contribution is -0.129. The fourth-order valence-corrected chi connectivity index (χ4v) is 3.97. The molecule has 2 fully saturated rings. The molecule has 1 aromatic rings. The van der Waals surface area contributed by atoms with Gasteiger partial charge >= 0.3 is 0 Å². The van der Waals surface area contributed by atoms with Gasteiger partial charge in [0.15, 0.2) is 11.5 Å². The second-order valence-electron chi connectivity index (χ2n) is 7.08. The normalized spacial score (nSPS) is 24.4. The summed E-state index contributed by atoms with van der Waals surface area (Å²) in [7, 11) is 4.00. The monoisotopic (exact) mass is 345 g/mol. The summed E-state index contributed by atoms with van der Waals surface area (Å²) >= 11 is 0. The molecule has 25 heavy (non-hydrogen) atoms. The Morgan fingerprint density at radius 1 is 1.24 bits per heavy atom. The topological polar surface area (TPSA) is 62.3 Å². The molecule has 0 bridgehead atoms. The highest BCUT2D eigenvalue weighted by Gasteiger charge is 2.48. The van der Waals surface area contributed by atoms with E-state index >= 15 is 0 Å². The molecule has 0 radical (unpaired) electrons. The van der Waals surface area contributed by atoms with Gasteiger partial charge in [-0.2, -0.15) is 0 Å². The minimum absolute atomic E-state index is 0.0208. The van der Waals surface area contributed by atoms with Crippen LogP contribution in [-0.2, 0) is 4.79 Å². The van der Waals surface area contributed by atoms with Crippen molar-refractivity contribution in [3.63, 3.8) is 0 Å². The van der Waals surface area contributed by atoms with E-state index in [2.05, 4.69) is 4.90 Å². The number of rotatable bonds is 4. The third-order valence-corrected chi connectivity index (χ3v) is 5.28. The van der Waals surface area contributed by atoms with Crippen LogP contribution < -0.4 is 9.47 Å². The van der Waals surface area contributed by atoms with Crippen LogP contribution in [-0.4, -0.2) is 79.1 Å². The van der Waals surface area contributed by atoms with Gasteiger partial charge in [0, 0.05) is 31.6 Å². The molecular formula is C18H23N3O4. The lowest BCUT2D eigenvalue weighted by Crippen LogP contribution is -2.41. The van der Waals surface area contributed by atoms with E-state index in [9.17, 15) is 9.59 Å². The first-order chi connectivity index (χ1) is 12.0. The first-order valence-electron chi connectivity index (χ1n) is 8.69. The molecule has 3 aliphatic heterocycles. The van der Waals surface area contributed by atoms with Crippen LogP contribution in [0.1, 0.15) is 23.2 Å². The number of benzene rings is 1. The third kappa shape index (κ3) is 2.82. The van der Waals surface area contributed by atoms with Gasteiger partial charge in [-0.15, -0.1) is 0 Å². The smallest absolute Gasteiger partial charge is 0.254 e. The Morgan fingerprint density at radius 2 is 2.04 bits per heavy atom. The Morgan fingerprint density at radius 3 is 2.84 bits per heavy atom. The van der Waals surface area contributed by atoms with Crippen molar-refractivity contribution in [2.24, 2.45) is 0 Å². The highest BCUT2D eigenvalue weighted by Crippen LogP contribution is 2.36. The van der Waals surface area contributed by atoms with Crippen molar-refractivity contribution in [3.8, 4) is 11.5 Å². The molecule has 2 atom stereocenters. The van der Waals surface area contributed by atoms with Gasteiger partial charge in [0.25, 0.3) is 5.91 Å². The number of hydrogen-bond acceptors (Lipinski definition) is 5. The van der Waals surface area contributed by atoms with Crippen molar-refractivity contribution in [2.45, 2.75) is 24.9 Å². The molecule has 0 aromatic heterocycles. The van der Waals surface area contributed by atoms with Crippen LogP contribution in [0.25, 0.3) is 0 Å². The number of amides is 2. The van der Waals surface area contributed by atoms with E-state index in [1.807, 2.05) is 23.9 Å². The standard InChI is InChI=1S/C18H23N3O4/c1-19(2)7-8-20-13-5-6-21(14(13)10-17(20)22)18(23)12-3-4-15-16(9-12)25-11-24-15/h3-4,9,13-14H,5-8,10-11H2,1-2H3/t13-,14+/m1/s1. The highest BCUT2D eigenvalue weighted by atomic mass is 16.7. The fourth-order valence-electron chi connectivity index (χ4n) is 3.97. The van der Waals surface area contributed by atoms with E-state index in [1.54, 1.807) is 18.2 Å². The third-order valence-electron chi connectivity index (χ3n) is 5.28. The summed E-state index contributed by atoms with van der Waals surface area (Å²) in [5.74, 6) is 1.39. The Labute approximate surface area is 147 Å². The number of hydrogen-bond donors (Lipinski definition) is 0. The lowest BCUT2D eigenvalue weighted by atomic mass is 10.1. The molecule has 2 saturated heterocycles. The number of carbonyl (C=O) groups excluding carboxylic acids is 2. The van der Waals surface area contributed by atoms with E-state index in [0.717, 1.165) is 19.5 Å². The molecule has 7 heteroatoms. The van der Waals surface area contributed by atoms with Gasteiger partial charge in [-0.3, -0.25) is 9.59 Å². The molecule has 7 nitrogen and oxygen atoms in total. The zero-order valence-electron chi connectivity index (χ0n) is 14.6. The number of nitrogens with zero attached hydrogens (tertiary/aromatic N) is 3. The highest BCUT2D eigenvalue weighted by molar-refractivity contribution is 5.96. The van der Waals surface area contributed by atoms with Gasteiger partial charge in [-0.25, -0.2) is 0 Å². The molecule has 1 aromatic carbocycles. The quantitative estimate of drug-likeness (QED) is 0.807. The van der Waals surface area contributed by atoms with E-state index in [1.165, 1.54) is 0 Å². The van der Waals surface area contributed by atoms with Gasteiger partial charge in [-0.05, 0) is 38.7 Å². The summed E-state index contributed by atoms with van der Waals surface area (Å²) in [6.45, 7) is 2.44. The van der Waals surface area contributed by atoms with Crippen molar-refractivity contribution in [3.05, 3.63) is 23.8 Å². The van der Waals surface area contributed by atoms with Crippen LogP contribution in [0.4, 0.5) is 0 Å². The Balaban J connectivity index is 1.49. The molecule has 3 aliphatic rings. The first-order valence-corrected chi connectivity index (χ1v) is 8.69. The molecule has 0 aliphatic carbocycles. The largest absolute Gasteiger partial charge is 0.454 e. The van der Waals surface area contributed by atoms with E-state index in [0.29, 0.717) is 30.0 Å². The molecule has 0 spiro atoms. The second-order valence-corrected chi connectivity index (χ2v) is 7.08. The van der Waals surface area contributed by atoms with Gasteiger partial charge in [0.1, 0.15) is 0 Å². The second kappa shape index (κ2) is 6.22. The van der Waals surface area contributed by atoms with Crippen molar-refractivity contribution < 1.29 is 19.1 Å². The van der Waals surface area contributed by atoms with E-state index < -0.39 is 0 Å². The van der Waals surface area contributed by atoms with Crippen molar-refractivity contribution >= 4 is 11.8 Å². The maximum atomic E-state index is 13.0.